The van der Waals surface area contributed by atoms with Gasteiger partial charge in [-0.05, 0) is 52.3 Å². The molecule has 0 bridgehead atoms. The minimum atomic E-state index is 0.396. The van der Waals surface area contributed by atoms with E-state index in [2.05, 4.69) is 36.9 Å². The van der Waals surface area contributed by atoms with Gasteiger partial charge >= 0.3 is 0 Å². The minimum Gasteiger partial charge on any atom is -0.494 e. The molecule has 0 aromatic heterocycles. The molecule has 2 N–H and O–H groups in total. The summed E-state index contributed by atoms with van der Waals surface area (Å²) >= 11 is 0. The molecule has 1 aromatic carbocycles. The first-order valence-corrected chi connectivity index (χ1v) is 7.36. The van der Waals surface area contributed by atoms with Crippen LogP contribution in [0.25, 0.3) is 0 Å². The molecule has 0 spiro atoms. The molecule has 0 aliphatic carbocycles. The zero-order valence-electron chi connectivity index (χ0n) is 12.3. The van der Waals surface area contributed by atoms with Crippen LogP contribution in [-0.2, 0) is 0 Å². The number of likely N-dealkylation sites (tertiary alicyclic amines) is 1. The van der Waals surface area contributed by atoms with Crippen LogP contribution in [0.15, 0.2) is 24.3 Å². The number of benzene rings is 1. The zero-order chi connectivity index (χ0) is 13.8. The van der Waals surface area contributed by atoms with E-state index in [4.69, 9.17) is 10.5 Å². The Balaban J connectivity index is 2.35. The number of hydrogen-bond donors (Lipinski definition) is 1. The van der Waals surface area contributed by atoms with Crippen LogP contribution in [0.3, 0.4) is 0 Å². The largest absolute Gasteiger partial charge is 0.494 e. The van der Waals surface area contributed by atoms with E-state index in [-0.39, 0.29) is 0 Å². The molecule has 0 radical (unpaired) electrons. The van der Waals surface area contributed by atoms with E-state index in [0.717, 1.165) is 18.8 Å². The van der Waals surface area contributed by atoms with Crippen molar-refractivity contribution in [3.8, 4) is 5.75 Å². The number of nitrogens with two attached hydrogens (primary N) is 1. The van der Waals surface area contributed by atoms with Crippen LogP contribution in [0.5, 0.6) is 5.75 Å². The second-order valence-electron chi connectivity index (χ2n) is 5.53. The van der Waals surface area contributed by atoms with Crippen molar-refractivity contribution in [1.82, 2.24) is 4.90 Å². The van der Waals surface area contributed by atoms with Crippen molar-refractivity contribution in [2.75, 3.05) is 19.7 Å². The molecule has 1 saturated heterocycles. The third-order valence-electron chi connectivity index (χ3n) is 4.07. The van der Waals surface area contributed by atoms with Crippen molar-refractivity contribution in [2.24, 2.45) is 11.7 Å². The summed E-state index contributed by atoms with van der Waals surface area (Å²) in [4.78, 5) is 2.55. The molecule has 1 heterocycles. The predicted octanol–water partition coefficient (Wildman–Crippen LogP) is 2.82. The van der Waals surface area contributed by atoms with Gasteiger partial charge in [0.2, 0.25) is 0 Å². The Hall–Kier alpha value is -1.06. The molecule has 0 amide bonds. The predicted molar refractivity (Wildman–Crippen MR) is 79.4 cm³/mol. The lowest BCUT2D eigenvalue weighted by Crippen LogP contribution is -2.33. The Bertz CT molecular complexity index is 405. The van der Waals surface area contributed by atoms with Crippen molar-refractivity contribution in [3.63, 3.8) is 0 Å². The smallest absolute Gasteiger partial charge is 0.124 e. The van der Waals surface area contributed by atoms with Crippen molar-refractivity contribution < 1.29 is 4.74 Å². The van der Waals surface area contributed by atoms with E-state index in [9.17, 15) is 0 Å². The van der Waals surface area contributed by atoms with E-state index >= 15 is 0 Å². The van der Waals surface area contributed by atoms with Gasteiger partial charge in [0.1, 0.15) is 5.75 Å². The Morgan fingerprint density at radius 1 is 1.37 bits per heavy atom. The Morgan fingerprint density at radius 3 is 2.74 bits per heavy atom. The van der Waals surface area contributed by atoms with Gasteiger partial charge in [0, 0.05) is 17.6 Å². The number of para-hydroxylation sites is 1. The normalized spacial score (nSPS) is 24.1. The summed E-state index contributed by atoms with van der Waals surface area (Å²) in [5, 5.41) is 0. The van der Waals surface area contributed by atoms with Gasteiger partial charge in [-0.2, -0.15) is 0 Å². The van der Waals surface area contributed by atoms with Gasteiger partial charge < -0.3 is 10.5 Å². The monoisotopic (exact) mass is 262 g/mol. The van der Waals surface area contributed by atoms with Gasteiger partial charge in [0.25, 0.3) is 0 Å². The van der Waals surface area contributed by atoms with Crippen LogP contribution in [0.2, 0.25) is 0 Å². The lowest BCUT2D eigenvalue weighted by atomic mass is 9.92. The maximum Gasteiger partial charge on any atom is 0.124 e. The molecule has 3 nitrogen and oxygen atoms in total. The molecule has 1 aliphatic rings. The van der Waals surface area contributed by atoms with Gasteiger partial charge in [0.15, 0.2) is 0 Å². The van der Waals surface area contributed by atoms with E-state index in [1.54, 1.807) is 0 Å². The van der Waals surface area contributed by atoms with E-state index < -0.39 is 0 Å². The fourth-order valence-electron chi connectivity index (χ4n) is 3.15. The van der Waals surface area contributed by atoms with Crippen molar-refractivity contribution in [1.29, 1.82) is 0 Å². The summed E-state index contributed by atoms with van der Waals surface area (Å²) in [5.41, 5.74) is 7.28. The van der Waals surface area contributed by atoms with Crippen LogP contribution in [0.4, 0.5) is 0 Å². The minimum absolute atomic E-state index is 0.396. The Labute approximate surface area is 116 Å². The Morgan fingerprint density at radius 2 is 2.11 bits per heavy atom. The molecule has 19 heavy (non-hydrogen) atoms. The van der Waals surface area contributed by atoms with Crippen LogP contribution in [0, 0.1) is 5.92 Å². The molecule has 106 valence electrons. The molecular weight excluding hydrogens is 236 g/mol. The standard InChI is InChI=1S/C16H26N2O/c1-4-19-15-8-6-5-7-14(15)16-13(11-17)9-10-18(16)12(2)3/h5-8,12-13,16H,4,9-11,17H2,1-3H3. The van der Waals surface area contributed by atoms with Crippen LogP contribution in [-0.4, -0.2) is 30.6 Å². The highest BCUT2D eigenvalue weighted by atomic mass is 16.5. The molecule has 3 heteroatoms. The number of ether oxygens (including phenoxy) is 1. The van der Waals surface area contributed by atoms with Crippen LogP contribution < -0.4 is 10.5 Å². The highest BCUT2D eigenvalue weighted by molar-refractivity contribution is 5.37. The summed E-state index contributed by atoms with van der Waals surface area (Å²) in [6.07, 6.45) is 1.18. The van der Waals surface area contributed by atoms with Gasteiger partial charge in [-0.1, -0.05) is 18.2 Å². The second-order valence-corrected chi connectivity index (χ2v) is 5.53. The first kappa shape index (κ1) is 14.4. The second kappa shape index (κ2) is 6.40. The first-order valence-electron chi connectivity index (χ1n) is 7.36. The van der Waals surface area contributed by atoms with E-state index in [0.29, 0.717) is 24.6 Å². The van der Waals surface area contributed by atoms with Crippen molar-refractivity contribution >= 4 is 0 Å². The first-order chi connectivity index (χ1) is 9.19. The maximum atomic E-state index is 5.98. The van der Waals surface area contributed by atoms with Crippen molar-refractivity contribution in [3.05, 3.63) is 29.8 Å². The summed E-state index contributed by atoms with van der Waals surface area (Å²) in [7, 11) is 0. The molecule has 1 aromatic rings. The van der Waals surface area contributed by atoms with E-state index in [1.165, 1.54) is 12.0 Å². The lowest BCUT2D eigenvalue weighted by Gasteiger charge is -2.32. The average molecular weight is 262 g/mol. The van der Waals surface area contributed by atoms with Gasteiger partial charge in [0.05, 0.1) is 6.61 Å². The fourth-order valence-corrected chi connectivity index (χ4v) is 3.15. The summed E-state index contributed by atoms with van der Waals surface area (Å²) in [6, 6.07) is 9.34. The molecule has 1 aliphatic heterocycles. The summed E-state index contributed by atoms with van der Waals surface area (Å²) < 4.78 is 5.80. The van der Waals surface area contributed by atoms with Crippen LogP contribution >= 0.6 is 0 Å². The zero-order valence-corrected chi connectivity index (χ0v) is 12.3. The van der Waals surface area contributed by atoms with Crippen molar-refractivity contribution in [2.45, 2.75) is 39.3 Å². The Kier molecular flexibility index (Phi) is 4.83. The summed E-state index contributed by atoms with van der Waals surface area (Å²) in [6.45, 7) is 9.13. The SMILES string of the molecule is CCOc1ccccc1C1C(CN)CCN1C(C)C. The number of hydrogen-bond acceptors (Lipinski definition) is 3. The molecule has 2 atom stereocenters. The number of nitrogens with zero attached hydrogens (tertiary/aromatic N) is 1. The molecule has 2 unspecified atom stereocenters. The molecule has 2 rings (SSSR count). The topological polar surface area (TPSA) is 38.5 Å². The third-order valence-corrected chi connectivity index (χ3v) is 4.07. The molecule has 0 saturated carbocycles. The highest BCUT2D eigenvalue weighted by Gasteiger charge is 2.37. The van der Waals surface area contributed by atoms with Crippen LogP contribution in [0.1, 0.15) is 38.8 Å². The fraction of sp³-hybridized carbons (Fsp3) is 0.625. The summed E-state index contributed by atoms with van der Waals surface area (Å²) in [5.74, 6) is 1.55. The number of rotatable bonds is 5. The van der Waals surface area contributed by atoms with Gasteiger partial charge in [-0.15, -0.1) is 0 Å². The van der Waals surface area contributed by atoms with Gasteiger partial charge in [-0.3, -0.25) is 4.90 Å². The molecule has 1 fully saturated rings. The highest BCUT2D eigenvalue weighted by Crippen LogP contribution is 2.41. The quantitative estimate of drug-likeness (QED) is 0.887. The average Bonchev–Trinajstić information content (AvgIpc) is 2.83. The third kappa shape index (κ3) is 2.93. The molecular formula is C16H26N2O. The van der Waals surface area contributed by atoms with Gasteiger partial charge in [-0.25, -0.2) is 0 Å². The maximum absolute atomic E-state index is 5.98. The van der Waals surface area contributed by atoms with E-state index in [1.807, 2.05) is 13.0 Å². The lowest BCUT2D eigenvalue weighted by molar-refractivity contribution is 0.180.